The van der Waals surface area contributed by atoms with Gasteiger partial charge in [-0.1, -0.05) is 35.3 Å². The van der Waals surface area contributed by atoms with Crippen LogP contribution in [0.4, 0.5) is 4.39 Å². The molecule has 4 heteroatoms. The minimum absolute atomic E-state index is 0.295. The highest BCUT2D eigenvalue weighted by molar-refractivity contribution is 6.36. The summed E-state index contributed by atoms with van der Waals surface area (Å²) < 4.78 is 13.4. The van der Waals surface area contributed by atoms with Crippen molar-refractivity contribution in [3.05, 3.63) is 57.8 Å². The molecule has 0 saturated heterocycles. The lowest BCUT2D eigenvalue weighted by Crippen LogP contribution is -2.04. The molecule has 1 nitrogen and oxygen atoms in total. The van der Waals surface area contributed by atoms with Crippen LogP contribution >= 0.6 is 23.2 Å². The van der Waals surface area contributed by atoms with Crippen LogP contribution in [0.1, 0.15) is 5.56 Å². The zero-order valence-corrected chi connectivity index (χ0v) is 11.1. The maximum atomic E-state index is 13.4. The highest BCUT2D eigenvalue weighted by Crippen LogP contribution is 2.33. The van der Waals surface area contributed by atoms with Crippen LogP contribution in [0.5, 0.6) is 0 Å². The van der Waals surface area contributed by atoms with Gasteiger partial charge in [-0.15, -0.1) is 0 Å². The Balaban J connectivity index is 2.57. The Morgan fingerprint density at radius 1 is 1.00 bits per heavy atom. The molecule has 0 unspecified atom stereocenters. The third kappa shape index (κ3) is 2.83. The summed E-state index contributed by atoms with van der Waals surface area (Å²) in [5, 5.41) is 1.06. The number of hydrogen-bond acceptors (Lipinski definition) is 1. The molecule has 0 fully saturated rings. The van der Waals surface area contributed by atoms with Gasteiger partial charge >= 0.3 is 0 Å². The van der Waals surface area contributed by atoms with Crippen molar-refractivity contribution in [3.8, 4) is 11.1 Å². The standard InChI is InChI=1S/C14H12Cl2FN/c15-10-2-4-12(14(16)7-10)13-8-11(17)3-1-9(13)5-6-18/h1-4,7-8H,5-6,18H2. The van der Waals surface area contributed by atoms with E-state index in [2.05, 4.69) is 0 Å². The molecule has 2 aromatic rings. The van der Waals surface area contributed by atoms with Gasteiger partial charge in [-0.3, -0.25) is 0 Å². The van der Waals surface area contributed by atoms with Crippen molar-refractivity contribution in [2.45, 2.75) is 6.42 Å². The summed E-state index contributed by atoms with van der Waals surface area (Å²) >= 11 is 12.0. The summed E-state index contributed by atoms with van der Waals surface area (Å²) in [5.41, 5.74) is 8.07. The maximum absolute atomic E-state index is 13.4. The van der Waals surface area contributed by atoms with Crippen molar-refractivity contribution in [3.63, 3.8) is 0 Å². The predicted molar refractivity (Wildman–Crippen MR) is 74.6 cm³/mol. The molecule has 0 aliphatic heterocycles. The smallest absolute Gasteiger partial charge is 0.123 e. The largest absolute Gasteiger partial charge is 0.330 e. The van der Waals surface area contributed by atoms with E-state index in [1.807, 2.05) is 0 Å². The van der Waals surface area contributed by atoms with Crippen molar-refractivity contribution in [1.82, 2.24) is 0 Å². The first-order valence-corrected chi connectivity index (χ1v) is 6.31. The van der Waals surface area contributed by atoms with Crippen LogP contribution in [-0.2, 0) is 6.42 Å². The van der Waals surface area contributed by atoms with E-state index in [-0.39, 0.29) is 5.82 Å². The number of halogens is 3. The zero-order chi connectivity index (χ0) is 13.1. The molecule has 2 aromatic carbocycles. The summed E-state index contributed by atoms with van der Waals surface area (Å²) in [6.07, 6.45) is 0.675. The van der Waals surface area contributed by atoms with E-state index in [1.165, 1.54) is 12.1 Å². The second-order valence-corrected chi connectivity index (χ2v) is 4.81. The van der Waals surface area contributed by atoms with Crippen molar-refractivity contribution in [2.75, 3.05) is 6.54 Å². The minimum atomic E-state index is -0.295. The fraction of sp³-hybridized carbons (Fsp3) is 0.143. The second kappa shape index (κ2) is 5.70. The van der Waals surface area contributed by atoms with E-state index in [0.29, 0.717) is 23.0 Å². The first-order chi connectivity index (χ1) is 8.61. The van der Waals surface area contributed by atoms with Gasteiger partial charge in [0.05, 0.1) is 0 Å². The normalized spacial score (nSPS) is 10.7. The van der Waals surface area contributed by atoms with Crippen LogP contribution in [0.15, 0.2) is 36.4 Å². The number of benzene rings is 2. The number of nitrogens with two attached hydrogens (primary N) is 1. The van der Waals surface area contributed by atoms with Crippen LogP contribution < -0.4 is 5.73 Å². The molecule has 0 aromatic heterocycles. The third-order valence-corrected chi connectivity index (χ3v) is 3.25. The Morgan fingerprint density at radius 2 is 1.78 bits per heavy atom. The molecule has 0 bridgehead atoms. The lowest BCUT2D eigenvalue weighted by Gasteiger charge is -2.11. The molecule has 2 rings (SSSR count). The predicted octanol–water partition coefficient (Wildman–Crippen LogP) is 4.30. The van der Waals surface area contributed by atoms with Gasteiger partial charge in [0.25, 0.3) is 0 Å². The van der Waals surface area contributed by atoms with Crippen LogP contribution in [0.3, 0.4) is 0 Å². The molecule has 0 radical (unpaired) electrons. The van der Waals surface area contributed by atoms with E-state index in [9.17, 15) is 4.39 Å². The summed E-state index contributed by atoms with van der Waals surface area (Å²) in [5.74, 6) is -0.295. The molecule has 0 saturated carbocycles. The van der Waals surface area contributed by atoms with Gasteiger partial charge in [-0.05, 0) is 48.4 Å². The first-order valence-electron chi connectivity index (χ1n) is 5.55. The quantitative estimate of drug-likeness (QED) is 0.893. The summed E-state index contributed by atoms with van der Waals surface area (Å²) in [7, 11) is 0. The number of hydrogen-bond donors (Lipinski definition) is 1. The fourth-order valence-corrected chi connectivity index (χ4v) is 2.39. The average Bonchev–Trinajstić information content (AvgIpc) is 2.32. The molecule has 0 spiro atoms. The van der Waals surface area contributed by atoms with E-state index in [0.717, 1.165) is 16.7 Å². The summed E-state index contributed by atoms with van der Waals surface area (Å²) in [4.78, 5) is 0. The Morgan fingerprint density at radius 3 is 2.44 bits per heavy atom. The van der Waals surface area contributed by atoms with Gasteiger partial charge in [0.1, 0.15) is 5.82 Å². The molecule has 0 amide bonds. The van der Waals surface area contributed by atoms with Crippen LogP contribution in [0.25, 0.3) is 11.1 Å². The molecule has 0 atom stereocenters. The van der Waals surface area contributed by atoms with Gasteiger partial charge in [0.15, 0.2) is 0 Å². The van der Waals surface area contributed by atoms with E-state index in [1.54, 1.807) is 24.3 Å². The molecule has 18 heavy (non-hydrogen) atoms. The van der Waals surface area contributed by atoms with Gasteiger partial charge < -0.3 is 5.73 Å². The van der Waals surface area contributed by atoms with Gasteiger partial charge in [-0.25, -0.2) is 4.39 Å². The van der Waals surface area contributed by atoms with Crippen LogP contribution in [0, 0.1) is 5.82 Å². The van der Waals surface area contributed by atoms with Crippen molar-refractivity contribution < 1.29 is 4.39 Å². The summed E-state index contributed by atoms with van der Waals surface area (Å²) in [6.45, 7) is 0.504. The van der Waals surface area contributed by atoms with E-state index in [4.69, 9.17) is 28.9 Å². The Hall–Kier alpha value is -1.09. The second-order valence-electron chi connectivity index (χ2n) is 3.96. The van der Waals surface area contributed by atoms with Crippen molar-refractivity contribution in [2.24, 2.45) is 5.73 Å². The Labute approximate surface area is 115 Å². The van der Waals surface area contributed by atoms with Gasteiger partial charge in [0.2, 0.25) is 0 Å². The average molecular weight is 284 g/mol. The van der Waals surface area contributed by atoms with Gasteiger partial charge in [0, 0.05) is 15.6 Å². The topological polar surface area (TPSA) is 26.0 Å². The first kappa shape index (κ1) is 13.3. The molecular weight excluding hydrogens is 272 g/mol. The lowest BCUT2D eigenvalue weighted by molar-refractivity contribution is 0.627. The highest BCUT2D eigenvalue weighted by atomic mass is 35.5. The molecular formula is C14H12Cl2FN. The molecule has 0 aliphatic rings. The Bertz CT molecular complexity index is 570. The molecule has 0 aliphatic carbocycles. The number of rotatable bonds is 3. The van der Waals surface area contributed by atoms with Crippen LogP contribution in [0.2, 0.25) is 10.0 Å². The Kier molecular flexibility index (Phi) is 4.23. The highest BCUT2D eigenvalue weighted by Gasteiger charge is 2.10. The fourth-order valence-electron chi connectivity index (χ4n) is 1.88. The minimum Gasteiger partial charge on any atom is -0.330 e. The zero-order valence-electron chi connectivity index (χ0n) is 9.59. The monoisotopic (exact) mass is 283 g/mol. The van der Waals surface area contributed by atoms with Gasteiger partial charge in [-0.2, -0.15) is 0 Å². The maximum Gasteiger partial charge on any atom is 0.123 e. The third-order valence-electron chi connectivity index (χ3n) is 2.71. The summed E-state index contributed by atoms with van der Waals surface area (Å²) in [6, 6.07) is 9.82. The molecule has 2 N–H and O–H groups in total. The SMILES string of the molecule is NCCc1ccc(F)cc1-c1ccc(Cl)cc1Cl. The van der Waals surface area contributed by atoms with E-state index >= 15 is 0 Å². The van der Waals surface area contributed by atoms with Crippen molar-refractivity contribution >= 4 is 23.2 Å². The lowest BCUT2D eigenvalue weighted by atomic mass is 9.97. The van der Waals surface area contributed by atoms with Crippen LogP contribution in [-0.4, -0.2) is 6.54 Å². The van der Waals surface area contributed by atoms with E-state index < -0.39 is 0 Å². The molecule has 0 heterocycles. The van der Waals surface area contributed by atoms with Crippen molar-refractivity contribution in [1.29, 1.82) is 0 Å². The molecule has 94 valence electrons.